The van der Waals surface area contributed by atoms with Crippen molar-refractivity contribution in [1.29, 1.82) is 0 Å². The number of halogens is 4. The minimum absolute atomic E-state index is 0.0331. The summed E-state index contributed by atoms with van der Waals surface area (Å²) < 4.78 is 31.7. The number of aromatic nitrogens is 3. The Labute approximate surface area is 212 Å². The summed E-state index contributed by atoms with van der Waals surface area (Å²) in [5.74, 6) is -1.97. The van der Waals surface area contributed by atoms with Crippen LogP contribution in [-0.4, -0.2) is 57.2 Å². The van der Waals surface area contributed by atoms with E-state index in [1.54, 1.807) is 0 Å². The lowest BCUT2D eigenvalue weighted by atomic mass is 10.1. The van der Waals surface area contributed by atoms with Crippen molar-refractivity contribution in [2.45, 2.75) is 48.6 Å². The molecule has 0 radical (unpaired) electrons. The minimum atomic E-state index is -5.08. The second-order valence-corrected chi connectivity index (χ2v) is 9.64. The second kappa shape index (κ2) is 10.1. The van der Waals surface area contributed by atoms with Gasteiger partial charge in [0.15, 0.2) is 5.16 Å². The van der Waals surface area contributed by atoms with E-state index in [1.807, 2.05) is 18.2 Å². The highest BCUT2D eigenvalue weighted by Gasteiger charge is 2.38. The molecule has 192 valence electrons. The van der Waals surface area contributed by atoms with Crippen LogP contribution in [0.3, 0.4) is 0 Å². The monoisotopic (exact) mass is 542 g/mol. The molecule has 0 bridgehead atoms. The molecule has 0 unspecified atom stereocenters. The molecule has 1 aromatic carbocycles. The molecular weight excluding hydrogens is 521 g/mol. The Balaban J connectivity index is 0.000000384. The zero-order valence-corrected chi connectivity index (χ0v) is 20.5. The molecule has 2 aliphatic heterocycles. The van der Waals surface area contributed by atoms with Crippen molar-refractivity contribution in [3.63, 3.8) is 0 Å². The molecule has 9 nitrogen and oxygen atoms in total. The molecule has 3 aromatic rings. The number of nitrogens with two attached hydrogens (primary N) is 1. The number of hydrogen-bond donors (Lipinski definition) is 4. The predicted octanol–water partition coefficient (Wildman–Crippen LogP) is 3.74. The summed E-state index contributed by atoms with van der Waals surface area (Å²) in [5.41, 5.74) is 9.56. The fourth-order valence-electron chi connectivity index (χ4n) is 3.93. The Morgan fingerprint density at radius 2 is 2.08 bits per heavy atom. The number of alkyl halides is 3. The van der Waals surface area contributed by atoms with Crippen molar-refractivity contribution in [2.75, 3.05) is 18.0 Å². The topological polar surface area (TPSA) is 137 Å². The smallest absolute Gasteiger partial charge is 0.475 e. The Morgan fingerprint density at radius 3 is 2.69 bits per heavy atom. The molecule has 4 heterocycles. The molecule has 36 heavy (non-hydrogen) atoms. The number of benzene rings is 1. The van der Waals surface area contributed by atoms with Crippen molar-refractivity contribution >= 4 is 52.1 Å². The number of carboxylic acids is 1. The van der Waals surface area contributed by atoms with Crippen LogP contribution in [0.1, 0.15) is 35.0 Å². The number of anilines is 1. The largest absolute Gasteiger partial charge is 0.490 e. The molecule has 1 saturated heterocycles. The highest BCUT2D eigenvalue weighted by Crippen LogP contribution is 2.38. The molecule has 1 amide bonds. The van der Waals surface area contributed by atoms with Crippen molar-refractivity contribution in [2.24, 2.45) is 5.73 Å². The number of carboxylic acid groups (broad SMARTS) is 1. The normalized spacial score (nSPS) is 17.1. The molecule has 1 atom stereocenters. The van der Waals surface area contributed by atoms with E-state index in [0.29, 0.717) is 16.7 Å². The first-order valence-electron chi connectivity index (χ1n) is 11.0. The van der Waals surface area contributed by atoms with E-state index in [9.17, 15) is 18.0 Å². The summed E-state index contributed by atoms with van der Waals surface area (Å²) >= 11 is 8.09. The van der Waals surface area contributed by atoms with Crippen molar-refractivity contribution < 1.29 is 27.9 Å². The van der Waals surface area contributed by atoms with Gasteiger partial charge in [-0.05, 0) is 42.3 Å². The Morgan fingerprint density at radius 1 is 1.36 bits per heavy atom. The van der Waals surface area contributed by atoms with Gasteiger partial charge in [0.2, 0.25) is 0 Å². The van der Waals surface area contributed by atoms with Gasteiger partial charge in [0, 0.05) is 41.8 Å². The average molecular weight is 543 g/mol. The maximum Gasteiger partial charge on any atom is 0.490 e. The zero-order valence-electron chi connectivity index (χ0n) is 18.9. The number of H-pyrrole nitrogens is 1. The van der Waals surface area contributed by atoms with Crippen LogP contribution in [0.2, 0.25) is 5.02 Å². The molecular formula is C22H22ClF3N6O3S. The third-order valence-electron chi connectivity index (χ3n) is 5.72. The summed E-state index contributed by atoms with van der Waals surface area (Å²) in [5, 5.41) is 12.1. The Bertz CT molecular complexity index is 1330. The maximum atomic E-state index is 12.0. The first-order valence-corrected chi connectivity index (χ1v) is 12.1. The lowest BCUT2D eigenvalue weighted by Crippen LogP contribution is -2.27. The summed E-state index contributed by atoms with van der Waals surface area (Å²) in [6.45, 7) is 4.24. The predicted molar refractivity (Wildman–Crippen MR) is 129 cm³/mol. The van der Waals surface area contributed by atoms with E-state index < -0.39 is 12.1 Å². The standard InChI is InChI=1S/C20H21ClN6OS.C2HF3O2/c1-2-14-16(21)15-17(24-14)25-20(26-18(15)27-6-5-11(22)9-27)29-12-4-3-10-8-23-19(28)13(10)7-12;3-2(4,5)1(6)7/h3-4,7,11H,2,5-6,8-9,22H2,1H3,(H,23,28)(H,24,25,26);(H,6,7)/t11-;/m1./s1. The molecule has 14 heteroatoms. The number of hydrogen-bond acceptors (Lipinski definition) is 7. The van der Waals surface area contributed by atoms with E-state index in [0.717, 1.165) is 64.5 Å². The number of carbonyl (C=O) groups excluding carboxylic acids is 1. The van der Waals surface area contributed by atoms with Crippen LogP contribution in [0.5, 0.6) is 0 Å². The zero-order chi connectivity index (χ0) is 26.2. The summed E-state index contributed by atoms with van der Waals surface area (Å²) in [6, 6.07) is 6.02. The van der Waals surface area contributed by atoms with Crippen molar-refractivity contribution in [3.8, 4) is 0 Å². The van der Waals surface area contributed by atoms with Gasteiger partial charge < -0.3 is 26.0 Å². The number of aromatic amines is 1. The van der Waals surface area contributed by atoms with Crippen LogP contribution in [0, 0.1) is 0 Å². The lowest BCUT2D eigenvalue weighted by Gasteiger charge is -2.18. The van der Waals surface area contributed by atoms with Crippen LogP contribution >= 0.6 is 23.4 Å². The van der Waals surface area contributed by atoms with Crippen LogP contribution in [0.25, 0.3) is 11.0 Å². The van der Waals surface area contributed by atoms with Gasteiger partial charge in [-0.25, -0.2) is 14.8 Å². The fourth-order valence-corrected chi connectivity index (χ4v) is 5.08. The van der Waals surface area contributed by atoms with Gasteiger partial charge >= 0.3 is 12.1 Å². The van der Waals surface area contributed by atoms with E-state index in [2.05, 4.69) is 22.1 Å². The molecule has 5 rings (SSSR count). The SMILES string of the molecule is CCc1[nH]c2nc(Sc3ccc4c(c3)C(=O)NC4)nc(N3CC[C@@H](N)C3)c2c1Cl.O=C(O)C(F)(F)F. The number of fused-ring (bicyclic) bond motifs is 2. The highest BCUT2D eigenvalue weighted by atomic mass is 35.5. The third-order valence-corrected chi connectivity index (χ3v) is 6.99. The summed E-state index contributed by atoms with van der Waals surface area (Å²) in [6.07, 6.45) is -3.37. The van der Waals surface area contributed by atoms with E-state index in [4.69, 9.17) is 37.2 Å². The van der Waals surface area contributed by atoms with Gasteiger partial charge in [0.05, 0.1) is 10.4 Å². The van der Waals surface area contributed by atoms with Gasteiger partial charge in [-0.2, -0.15) is 13.2 Å². The van der Waals surface area contributed by atoms with Gasteiger partial charge in [-0.3, -0.25) is 4.79 Å². The number of aliphatic carboxylic acids is 1. The van der Waals surface area contributed by atoms with E-state index in [1.165, 1.54) is 11.8 Å². The van der Waals surface area contributed by atoms with Crippen LogP contribution in [-0.2, 0) is 17.8 Å². The lowest BCUT2D eigenvalue weighted by molar-refractivity contribution is -0.192. The Kier molecular flexibility index (Phi) is 7.34. The fraction of sp³-hybridized carbons (Fsp3) is 0.364. The molecule has 2 aromatic heterocycles. The first-order chi connectivity index (χ1) is 17.0. The molecule has 0 spiro atoms. The van der Waals surface area contributed by atoms with Crippen LogP contribution in [0.4, 0.5) is 19.0 Å². The number of carbonyl (C=O) groups is 2. The molecule has 0 aliphatic carbocycles. The number of rotatable bonds is 4. The molecule has 1 fully saturated rings. The molecule has 0 saturated carbocycles. The second-order valence-electron chi connectivity index (χ2n) is 8.23. The summed E-state index contributed by atoms with van der Waals surface area (Å²) in [4.78, 5) is 36.9. The Hall–Kier alpha value is -3.03. The van der Waals surface area contributed by atoms with Crippen LogP contribution in [0.15, 0.2) is 28.3 Å². The number of amides is 1. The van der Waals surface area contributed by atoms with E-state index >= 15 is 0 Å². The minimum Gasteiger partial charge on any atom is -0.475 e. The van der Waals surface area contributed by atoms with E-state index in [-0.39, 0.29) is 11.9 Å². The van der Waals surface area contributed by atoms with Crippen molar-refractivity contribution in [3.05, 3.63) is 40.0 Å². The number of nitrogens with zero attached hydrogens (tertiary/aromatic N) is 3. The van der Waals surface area contributed by atoms with Gasteiger partial charge in [0.1, 0.15) is 11.5 Å². The van der Waals surface area contributed by atoms with Crippen molar-refractivity contribution in [1.82, 2.24) is 20.3 Å². The quantitative estimate of drug-likeness (QED) is 0.366. The van der Waals surface area contributed by atoms with Crippen LogP contribution < -0.4 is 16.0 Å². The first kappa shape index (κ1) is 26.0. The number of nitrogens with one attached hydrogen (secondary N) is 2. The summed E-state index contributed by atoms with van der Waals surface area (Å²) in [7, 11) is 0. The van der Waals surface area contributed by atoms with Gasteiger partial charge in [-0.15, -0.1) is 0 Å². The third kappa shape index (κ3) is 5.37. The van der Waals surface area contributed by atoms with Gasteiger partial charge in [-0.1, -0.05) is 24.6 Å². The molecule has 2 aliphatic rings. The average Bonchev–Trinajstić information content (AvgIpc) is 3.50. The molecule has 5 N–H and O–H groups in total. The highest BCUT2D eigenvalue weighted by molar-refractivity contribution is 7.99. The number of aryl methyl sites for hydroxylation is 1. The maximum absolute atomic E-state index is 12.0. The van der Waals surface area contributed by atoms with Gasteiger partial charge in [0.25, 0.3) is 5.91 Å².